The van der Waals surface area contributed by atoms with E-state index in [4.69, 9.17) is 23.2 Å². The van der Waals surface area contributed by atoms with Crippen molar-refractivity contribution in [1.29, 1.82) is 0 Å². The summed E-state index contributed by atoms with van der Waals surface area (Å²) in [5.74, 6) is -0.385. The summed E-state index contributed by atoms with van der Waals surface area (Å²) in [4.78, 5) is 7.42. The van der Waals surface area contributed by atoms with Crippen LogP contribution in [0.4, 0.5) is 13.2 Å². The quantitative estimate of drug-likeness (QED) is 0.760. The largest absolute Gasteiger partial charge is 0.433 e. The first-order valence-corrected chi connectivity index (χ1v) is 6.08. The number of aromatic nitrogens is 2. The highest BCUT2D eigenvalue weighted by atomic mass is 35.5. The zero-order chi connectivity index (χ0) is 14.0. The summed E-state index contributed by atoms with van der Waals surface area (Å²) in [7, 11) is 0. The van der Waals surface area contributed by atoms with Gasteiger partial charge in [-0.1, -0.05) is 23.7 Å². The fraction of sp³-hybridized carbons (Fsp3) is 0.167. The number of hydrogen-bond donors (Lipinski definition) is 0. The van der Waals surface area contributed by atoms with E-state index in [1.165, 1.54) is 0 Å². The van der Waals surface area contributed by atoms with E-state index in [1.807, 2.05) is 0 Å². The van der Waals surface area contributed by atoms with Gasteiger partial charge in [0.05, 0.1) is 10.9 Å². The van der Waals surface area contributed by atoms with Crippen molar-refractivity contribution in [2.24, 2.45) is 0 Å². The van der Waals surface area contributed by atoms with E-state index < -0.39 is 11.9 Å². The molecule has 19 heavy (non-hydrogen) atoms. The molecule has 2 rings (SSSR count). The Morgan fingerprint density at radius 3 is 2.42 bits per heavy atom. The van der Waals surface area contributed by atoms with E-state index in [2.05, 4.69) is 9.97 Å². The first-order chi connectivity index (χ1) is 8.93. The second-order valence-electron chi connectivity index (χ2n) is 3.68. The SMILES string of the molecule is FC(F)(F)c1nc(-c2ccccc2Cl)ncc1CCl. The minimum atomic E-state index is -4.58. The molecule has 0 aliphatic carbocycles. The van der Waals surface area contributed by atoms with Crippen molar-refractivity contribution in [2.75, 3.05) is 0 Å². The summed E-state index contributed by atoms with van der Waals surface area (Å²) in [6, 6.07) is 6.43. The minimum Gasteiger partial charge on any atom is -0.236 e. The third-order valence-electron chi connectivity index (χ3n) is 2.39. The third-order valence-corrected chi connectivity index (χ3v) is 3.01. The Kier molecular flexibility index (Phi) is 3.96. The lowest BCUT2D eigenvalue weighted by Crippen LogP contribution is -2.13. The smallest absolute Gasteiger partial charge is 0.236 e. The molecule has 1 aromatic carbocycles. The van der Waals surface area contributed by atoms with Gasteiger partial charge in [0.1, 0.15) is 0 Å². The van der Waals surface area contributed by atoms with E-state index >= 15 is 0 Å². The van der Waals surface area contributed by atoms with Crippen LogP contribution < -0.4 is 0 Å². The molecule has 0 N–H and O–H groups in total. The standard InChI is InChI=1S/C12H7Cl2F3N2/c13-5-7-6-18-11(19-10(7)12(15,16)17)8-3-1-2-4-9(8)14/h1-4,6H,5H2. The highest BCUT2D eigenvalue weighted by Crippen LogP contribution is 2.33. The normalized spacial score (nSPS) is 11.6. The van der Waals surface area contributed by atoms with Crippen molar-refractivity contribution < 1.29 is 13.2 Å². The van der Waals surface area contributed by atoms with Crippen molar-refractivity contribution in [3.05, 3.63) is 46.7 Å². The van der Waals surface area contributed by atoms with Crippen LogP contribution in [-0.4, -0.2) is 9.97 Å². The highest BCUT2D eigenvalue weighted by Gasteiger charge is 2.36. The molecule has 0 saturated carbocycles. The average Bonchev–Trinajstić information content (AvgIpc) is 2.37. The number of nitrogens with zero attached hydrogens (tertiary/aromatic N) is 2. The molecule has 1 aromatic heterocycles. The maximum absolute atomic E-state index is 12.8. The summed E-state index contributed by atoms with van der Waals surface area (Å²) in [6.45, 7) is 0. The second-order valence-corrected chi connectivity index (χ2v) is 4.35. The van der Waals surface area contributed by atoms with Crippen molar-refractivity contribution in [2.45, 2.75) is 12.1 Å². The van der Waals surface area contributed by atoms with Gasteiger partial charge in [0.2, 0.25) is 0 Å². The molecule has 0 spiro atoms. The summed E-state index contributed by atoms with van der Waals surface area (Å²) in [5.41, 5.74) is -0.854. The molecule has 0 unspecified atom stereocenters. The Balaban J connectivity index is 2.59. The number of halogens is 5. The van der Waals surface area contributed by atoms with E-state index in [1.54, 1.807) is 24.3 Å². The molecular formula is C12H7Cl2F3N2. The van der Waals surface area contributed by atoms with E-state index in [0.29, 0.717) is 5.56 Å². The summed E-state index contributed by atoms with van der Waals surface area (Å²) >= 11 is 11.4. The Morgan fingerprint density at radius 2 is 1.84 bits per heavy atom. The monoisotopic (exact) mass is 306 g/mol. The fourth-order valence-electron chi connectivity index (χ4n) is 1.52. The lowest BCUT2D eigenvalue weighted by atomic mass is 10.2. The van der Waals surface area contributed by atoms with Crippen LogP contribution in [0.15, 0.2) is 30.5 Å². The molecule has 0 aliphatic rings. The molecule has 100 valence electrons. The topological polar surface area (TPSA) is 25.8 Å². The van der Waals surface area contributed by atoms with Gasteiger partial charge in [-0.05, 0) is 12.1 Å². The molecule has 2 aromatic rings. The van der Waals surface area contributed by atoms with Crippen molar-refractivity contribution in [1.82, 2.24) is 9.97 Å². The van der Waals surface area contributed by atoms with Crippen LogP contribution in [0.5, 0.6) is 0 Å². The van der Waals surface area contributed by atoms with Crippen molar-refractivity contribution in [3.8, 4) is 11.4 Å². The van der Waals surface area contributed by atoms with Gasteiger partial charge in [-0.25, -0.2) is 9.97 Å². The van der Waals surface area contributed by atoms with Gasteiger partial charge in [0.15, 0.2) is 11.5 Å². The minimum absolute atomic E-state index is 0.0770. The number of benzene rings is 1. The molecule has 2 nitrogen and oxygen atoms in total. The van der Waals surface area contributed by atoms with Gasteiger partial charge in [-0.15, -0.1) is 11.6 Å². The predicted octanol–water partition coefficient (Wildman–Crippen LogP) is 4.55. The van der Waals surface area contributed by atoms with Gasteiger partial charge in [0.25, 0.3) is 0 Å². The van der Waals surface area contributed by atoms with E-state index in [9.17, 15) is 13.2 Å². The number of hydrogen-bond acceptors (Lipinski definition) is 2. The maximum Gasteiger partial charge on any atom is 0.433 e. The van der Waals surface area contributed by atoms with Gasteiger partial charge >= 0.3 is 6.18 Å². The molecule has 0 saturated heterocycles. The zero-order valence-electron chi connectivity index (χ0n) is 9.38. The van der Waals surface area contributed by atoms with Crippen LogP contribution in [0.25, 0.3) is 11.4 Å². The molecule has 0 fully saturated rings. The Hall–Kier alpha value is -1.33. The lowest BCUT2D eigenvalue weighted by molar-refractivity contribution is -0.141. The van der Waals surface area contributed by atoms with E-state index in [0.717, 1.165) is 6.20 Å². The lowest BCUT2D eigenvalue weighted by Gasteiger charge is -2.11. The summed E-state index contributed by atoms with van der Waals surface area (Å²) in [5, 5.41) is 0.286. The number of rotatable bonds is 2. The van der Waals surface area contributed by atoms with Crippen LogP contribution in [0.3, 0.4) is 0 Å². The molecule has 0 radical (unpaired) electrons. The average molecular weight is 307 g/mol. The maximum atomic E-state index is 12.8. The summed E-state index contributed by atoms with van der Waals surface area (Å²) in [6.07, 6.45) is -3.51. The molecular weight excluding hydrogens is 300 g/mol. The molecule has 0 aliphatic heterocycles. The molecule has 1 heterocycles. The predicted molar refractivity (Wildman–Crippen MR) is 67.0 cm³/mol. The second kappa shape index (κ2) is 5.35. The molecule has 0 amide bonds. The van der Waals surface area contributed by atoms with Gasteiger partial charge < -0.3 is 0 Å². The molecule has 0 atom stereocenters. The first kappa shape index (κ1) is 14.1. The van der Waals surface area contributed by atoms with Crippen molar-refractivity contribution >= 4 is 23.2 Å². The number of alkyl halides is 4. The van der Waals surface area contributed by atoms with Crippen LogP contribution in [0, 0.1) is 0 Å². The van der Waals surface area contributed by atoms with Crippen LogP contribution in [0.2, 0.25) is 5.02 Å². The van der Waals surface area contributed by atoms with Crippen LogP contribution in [-0.2, 0) is 12.1 Å². The van der Waals surface area contributed by atoms with Gasteiger partial charge in [-0.3, -0.25) is 0 Å². The Morgan fingerprint density at radius 1 is 1.16 bits per heavy atom. The molecule has 0 bridgehead atoms. The summed E-state index contributed by atoms with van der Waals surface area (Å²) < 4.78 is 38.5. The van der Waals surface area contributed by atoms with Crippen molar-refractivity contribution in [3.63, 3.8) is 0 Å². The fourth-order valence-corrected chi connectivity index (χ4v) is 1.94. The van der Waals surface area contributed by atoms with Gasteiger partial charge in [0, 0.05) is 17.3 Å². The third kappa shape index (κ3) is 2.98. The van der Waals surface area contributed by atoms with Crippen LogP contribution in [0.1, 0.15) is 11.3 Å². The molecule has 7 heteroatoms. The van der Waals surface area contributed by atoms with Crippen LogP contribution >= 0.6 is 23.2 Å². The Labute approximate surface area is 117 Å². The Bertz CT molecular complexity index is 600. The van der Waals surface area contributed by atoms with Gasteiger partial charge in [-0.2, -0.15) is 13.2 Å². The highest BCUT2D eigenvalue weighted by molar-refractivity contribution is 6.33. The first-order valence-electron chi connectivity index (χ1n) is 5.17. The zero-order valence-corrected chi connectivity index (χ0v) is 10.9. The van der Waals surface area contributed by atoms with E-state index in [-0.39, 0.29) is 22.3 Å².